The van der Waals surface area contributed by atoms with Gasteiger partial charge in [0.05, 0.1) is 0 Å². The van der Waals surface area contributed by atoms with Gasteiger partial charge in [-0.25, -0.2) is 4.79 Å². The van der Waals surface area contributed by atoms with Crippen molar-refractivity contribution in [3.63, 3.8) is 0 Å². The predicted octanol–water partition coefficient (Wildman–Crippen LogP) is 3.10. The normalized spacial score (nSPS) is 20.6. The fraction of sp³-hybridized carbons (Fsp3) is 0.412. The van der Waals surface area contributed by atoms with E-state index < -0.39 is 0 Å². The van der Waals surface area contributed by atoms with E-state index in [2.05, 4.69) is 10.4 Å². The molecule has 1 aliphatic carbocycles. The lowest BCUT2D eigenvalue weighted by molar-refractivity contribution is 0.111. The number of amides is 2. The zero-order valence-corrected chi connectivity index (χ0v) is 12.7. The Kier molecular flexibility index (Phi) is 3.13. The summed E-state index contributed by atoms with van der Waals surface area (Å²) in [6.07, 6.45) is 5.63. The van der Waals surface area contributed by atoms with Crippen LogP contribution in [0.4, 0.5) is 10.6 Å². The van der Waals surface area contributed by atoms with Crippen LogP contribution in [-0.4, -0.2) is 33.3 Å². The summed E-state index contributed by atoms with van der Waals surface area (Å²) in [7, 11) is 1.87. The van der Waals surface area contributed by atoms with E-state index in [1.54, 1.807) is 4.68 Å². The van der Waals surface area contributed by atoms with Crippen LogP contribution in [0, 0.1) is 5.92 Å². The zero-order chi connectivity index (χ0) is 15.1. The van der Waals surface area contributed by atoms with Crippen LogP contribution in [0.1, 0.15) is 19.3 Å². The highest BCUT2D eigenvalue weighted by molar-refractivity contribution is 5.93. The summed E-state index contributed by atoms with van der Waals surface area (Å²) in [5, 5.41) is 7.41. The minimum absolute atomic E-state index is 0.0148. The molecule has 2 heterocycles. The van der Waals surface area contributed by atoms with Gasteiger partial charge in [-0.05, 0) is 30.7 Å². The fourth-order valence-corrected chi connectivity index (χ4v) is 3.21. The summed E-state index contributed by atoms with van der Waals surface area (Å²) < 4.78 is 1.74. The lowest BCUT2D eigenvalue weighted by Crippen LogP contribution is -2.53. The van der Waals surface area contributed by atoms with Gasteiger partial charge in [-0.1, -0.05) is 30.3 Å². The van der Waals surface area contributed by atoms with Crippen molar-refractivity contribution >= 4 is 11.8 Å². The molecule has 22 heavy (non-hydrogen) atoms. The van der Waals surface area contributed by atoms with Gasteiger partial charge in [0, 0.05) is 31.4 Å². The molecule has 0 unspecified atom stereocenters. The summed E-state index contributed by atoms with van der Waals surface area (Å²) in [5.41, 5.74) is 2.02. The van der Waals surface area contributed by atoms with E-state index in [4.69, 9.17) is 0 Å². The van der Waals surface area contributed by atoms with Crippen LogP contribution >= 0.6 is 0 Å². The monoisotopic (exact) mass is 296 g/mol. The first-order valence-electron chi connectivity index (χ1n) is 7.89. The molecule has 1 aliphatic heterocycles. The molecule has 114 valence electrons. The molecule has 2 aromatic rings. The maximum Gasteiger partial charge on any atom is 0.323 e. The molecular formula is C17H20N4O. The van der Waals surface area contributed by atoms with Gasteiger partial charge in [0.15, 0.2) is 5.82 Å². The molecular weight excluding hydrogens is 276 g/mol. The van der Waals surface area contributed by atoms with E-state index in [1.807, 2.05) is 48.5 Å². The van der Waals surface area contributed by atoms with Crippen molar-refractivity contribution in [3.8, 4) is 11.1 Å². The third kappa shape index (κ3) is 2.36. The number of aryl methyl sites for hydroxylation is 1. The van der Waals surface area contributed by atoms with Crippen LogP contribution < -0.4 is 5.32 Å². The quantitative estimate of drug-likeness (QED) is 0.946. The minimum atomic E-state index is -0.0148. The second-order valence-electron chi connectivity index (χ2n) is 6.25. The molecule has 4 rings (SSSR count). The number of carbonyl (C=O) groups excluding carboxylic acids is 1. The predicted molar refractivity (Wildman–Crippen MR) is 85.5 cm³/mol. The molecule has 1 saturated carbocycles. The van der Waals surface area contributed by atoms with Gasteiger partial charge in [-0.2, -0.15) is 5.10 Å². The first-order valence-corrected chi connectivity index (χ1v) is 7.89. The largest absolute Gasteiger partial charge is 0.323 e. The van der Waals surface area contributed by atoms with Gasteiger partial charge >= 0.3 is 6.03 Å². The van der Waals surface area contributed by atoms with E-state index in [9.17, 15) is 4.79 Å². The lowest BCUT2D eigenvalue weighted by atomic mass is 9.99. The Morgan fingerprint density at radius 2 is 2.00 bits per heavy atom. The van der Waals surface area contributed by atoms with Gasteiger partial charge in [0.25, 0.3) is 0 Å². The Morgan fingerprint density at radius 1 is 1.23 bits per heavy atom. The molecule has 0 bridgehead atoms. The topological polar surface area (TPSA) is 50.2 Å². The van der Waals surface area contributed by atoms with Crippen LogP contribution in [-0.2, 0) is 7.05 Å². The van der Waals surface area contributed by atoms with E-state index in [-0.39, 0.29) is 6.03 Å². The van der Waals surface area contributed by atoms with Gasteiger partial charge < -0.3 is 4.90 Å². The molecule has 1 N–H and O–H groups in total. The third-order valence-electron chi connectivity index (χ3n) is 4.63. The van der Waals surface area contributed by atoms with Crippen LogP contribution in [0.5, 0.6) is 0 Å². The zero-order valence-electron chi connectivity index (χ0n) is 12.7. The molecule has 5 heteroatoms. The number of benzene rings is 1. The molecule has 2 aliphatic rings. The SMILES string of the molecule is Cn1cc(-c2ccccc2)c(NC(=O)N2CC[C@H]2C2CC2)n1. The molecule has 0 radical (unpaired) electrons. The maximum atomic E-state index is 12.5. The van der Waals surface area contributed by atoms with Crippen molar-refractivity contribution in [2.45, 2.75) is 25.3 Å². The molecule has 2 fully saturated rings. The number of anilines is 1. The second kappa shape index (κ2) is 5.16. The molecule has 1 atom stereocenters. The van der Waals surface area contributed by atoms with E-state index >= 15 is 0 Å². The van der Waals surface area contributed by atoms with Crippen LogP contribution in [0.15, 0.2) is 36.5 Å². The highest BCUT2D eigenvalue weighted by Crippen LogP contribution is 2.41. The molecule has 0 spiro atoms. The van der Waals surface area contributed by atoms with Gasteiger partial charge in [0.2, 0.25) is 0 Å². The molecule has 1 aromatic heterocycles. The molecule has 2 amide bonds. The smallest absolute Gasteiger partial charge is 0.321 e. The van der Waals surface area contributed by atoms with Crippen LogP contribution in [0.25, 0.3) is 11.1 Å². The Bertz CT molecular complexity index is 690. The highest BCUT2D eigenvalue weighted by atomic mass is 16.2. The average molecular weight is 296 g/mol. The Morgan fingerprint density at radius 3 is 2.64 bits per heavy atom. The first-order chi connectivity index (χ1) is 10.7. The van der Waals surface area contributed by atoms with E-state index in [0.717, 1.165) is 30.0 Å². The Labute approximate surface area is 129 Å². The summed E-state index contributed by atoms with van der Waals surface area (Å²) in [6, 6.07) is 10.5. The Balaban J connectivity index is 1.54. The summed E-state index contributed by atoms with van der Waals surface area (Å²) in [5.74, 6) is 1.37. The standard InChI is InChI=1S/C17H20N4O/c1-20-11-14(12-5-3-2-4-6-12)16(19-20)18-17(22)21-10-9-15(21)13-7-8-13/h2-6,11,13,15H,7-10H2,1H3,(H,18,19,22)/t15-/m0/s1. The number of rotatable bonds is 3. The number of hydrogen-bond acceptors (Lipinski definition) is 2. The van der Waals surface area contributed by atoms with Gasteiger partial charge in [-0.3, -0.25) is 10.00 Å². The van der Waals surface area contributed by atoms with Gasteiger partial charge in [0.1, 0.15) is 0 Å². The molecule has 1 aromatic carbocycles. The number of aromatic nitrogens is 2. The lowest BCUT2D eigenvalue weighted by Gasteiger charge is -2.41. The van der Waals surface area contributed by atoms with E-state index in [0.29, 0.717) is 11.9 Å². The highest BCUT2D eigenvalue weighted by Gasteiger charge is 2.43. The number of urea groups is 1. The van der Waals surface area contributed by atoms with Crippen molar-refractivity contribution in [1.82, 2.24) is 14.7 Å². The third-order valence-corrected chi connectivity index (χ3v) is 4.63. The Hall–Kier alpha value is -2.30. The average Bonchev–Trinajstić information content (AvgIpc) is 3.21. The van der Waals surface area contributed by atoms with Crippen molar-refractivity contribution in [3.05, 3.63) is 36.5 Å². The van der Waals surface area contributed by atoms with Crippen LogP contribution in [0.3, 0.4) is 0 Å². The summed E-state index contributed by atoms with van der Waals surface area (Å²) >= 11 is 0. The first kappa shape index (κ1) is 13.4. The molecule has 1 saturated heterocycles. The minimum Gasteiger partial charge on any atom is -0.321 e. The van der Waals surface area contributed by atoms with Crippen LogP contribution in [0.2, 0.25) is 0 Å². The van der Waals surface area contributed by atoms with E-state index in [1.165, 1.54) is 12.8 Å². The number of nitrogens with one attached hydrogen (secondary N) is 1. The fourth-order valence-electron chi connectivity index (χ4n) is 3.21. The van der Waals surface area contributed by atoms with Crippen molar-refractivity contribution in [2.24, 2.45) is 13.0 Å². The summed E-state index contributed by atoms with van der Waals surface area (Å²) in [4.78, 5) is 14.5. The number of nitrogens with zero attached hydrogens (tertiary/aromatic N) is 3. The van der Waals surface area contributed by atoms with Crippen molar-refractivity contribution < 1.29 is 4.79 Å². The van der Waals surface area contributed by atoms with Crippen molar-refractivity contribution in [2.75, 3.05) is 11.9 Å². The van der Waals surface area contributed by atoms with Gasteiger partial charge in [-0.15, -0.1) is 0 Å². The number of hydrogen-bond donors (Lipinski definition) is 1. The number of likely N-dealkylation sites (tertiary alicyclic amines) is 1. The van der Waals surface area contributed by atoms with Crippen molar-refractivity contribution in [1.29, 1.82) is 0 Å². The maximum absolute atomic E-state index is 12.5. The molecule has 5 nitrogen and oxygen atoms in total. The number of carbonyl (C=O) groups is 1. The summed E-state index contributed by atoms with van der Waals surface area (Å²) in [6.45, 7) is 0.862. The second-order valence-corrected chi connectivity index (χ2v) is 6.25.